The lowest BCUT2D eigenvalue weighted by molar-refractivity contribution is 0.174. The summed E-state index contributed by atoms with van der Waals surface area (Å²) in [4.78, 5) is 4.69. The number of thioether (sulfide) groups is 1. The fourth-order valence-electron chi connectivity index (χ4n) is 1.91. The zero-order valence-corrected chi connectivity index (χ0v) is 10.2. The molecule has 1 aliphatic heterocycles. The molecule has 1 saturated carbocycles. The number of nitrogens with one attached hydrogen (secondary N) is 1. The Morgan fingerprint density at radius 1 is 1.50 bits per heavy atom. The number of aliphatic imine (C=N–C) groups is 1. The lowest BCUT2D eigenvalue weighted by Crippen LogP contribution is -2.31. The Hall–Kier alpha value is -0.180. The third-order valence-electron chi connectivity index (χ3n) is 3.52. The largest absolute Gasteiger partial charge is 0.361 e. The maximum atomic E-state index is 4.69. The first kappa shape index (κ1) is 10.3. The van der Waals surface area contributed by atoms with Crippen LogP contribution in [0.15, 0.2) is 4.99 Å². The molecule has 14 heavy (non-hydrogen) atoms. The number of nitrogens with zero attached hydrogens (tertiary/aromatic N) is 1. The highest BCUT2D eigenvalue weighted by molar-refractivity contribution is 8.14. The van der Waals surface area contributed by atoms with Crippen molar-refractivity contribution in [1.29, 1.82) is 0 Å². The lowest BCUT2D eigenvalue weighted by Gasteiger charge is -2.36. The van der Waals surface area contributed by atoms with Crippen molar-refractivity contribution in [1.82, 2.24) is 5.32 Å². The van der Waals surface area contributed by atoms with Gasteiger partial charge in [0, 0.05) is 17.8 Å². The summed E-state index contributed by atoms with van der Waals surface area (Å²) in [6.45, 7) is 7.86. The molecule has 2 aliphatic rings. The van der Waals surface area contributed by atoms with Gasteiger partial charge in [-0.3, -0.25) is 4.99 Å². The summed E-state index contributed by atoms with van der Waals surface area (Å²) in [6.07, 6.45) is 4.12. The zero-order chi connectivity index (χ0) is 10.2. The lowest BCUT2D eigenvalue weighted by atomic mass is 9.71. The van der Waals surface area contributed by atoms with E-state index in [9.17, 15) is 0 Å². The van der Waals surface area contributed by atoms with E-state index >= 15 is 0 Å². The second-order valence-corrected chi connectivity index (χ2v) is 6.41. The van der Waals surface area contributed by atoms with Crippen molar-refractivity contribution in [2.45, 2.75) is 51.3 Å². The first-order valence-corrected chi connectivity index (χ1v) is 6.45. The minimum Gasteiger partial charge on any atom is -0.361 e. The van der Waals surface area contributed by atoms with Crippen molar-refractivity contribution < 1.29 is 0 Å². The van der Waals surface area contributed by atoms with Crippen molar-refractivity contribution in [2.24, 2.45) is 10.4 Å². The number of hydrogen-bond donors (Lipinski definition) is 1. The topological polar surface area (TPSA) is 24.4 Å². The van der Waals surface area contributed by atoms with E-state index in [1.807, 2.05) is 11.8 Å². The standard InChI is InChI=1S/C11H20N2S/c1-8-9(2)14-10(13-8)12-7-11(3)5-4-6-11/h8-9H,4-7H2,1-3H3,(H,12,13). The van der Waals surface area contributed by atoms with Crippen LogP contribution in [0.5, 0.6) is 0 Å². The Balaban J connectivity index is 1.86. The monoisotopic (exact) mass is 212 g/mol. The highest BCUT2D eigenvalue weighted by atomic mass is 32.2. The molecule has 0 amide bonds. The summed E-state index contributed by atoms with van der Waals surface area (Å²) in [7, 11) is 0. The third-order valence-corrected chi connectivity index (χ3v) is 4.77. The predicted molar refractivity (Wildman–Crippen MR) is 63.9 cm³/mol. The average molecular weight is 212 g/mol. The molecule has 1 N–H and O–H groups in total. The van der Waals surface area contributed by atoms with Crippen molar-refractivity contribution in [3.05, 3.63) is 0 Å². The molecule has 2 unspecified atom stereocenters. The molecule has 0 spiro atoms. The number of hydrogen-bond acceptors (Lipinski definition) is 2. The van der Waals surface area contributed by atoms with Crippen LogP contribution < -0.4 is 5.32 Å². The minimum atomic E-state index is 0.518. The molecule has 0 bridgehead atoms. The molecule has 80 valence electrons. The van der Waals surface area contributed by atoms with Gasteiger partial charge < -0.3 is 5.32 Å². The van der Waals surface area contributed by atoms with Crippen molar-refractivity contribution in [3.63, 3.8) is 0 Å². The smallest absolute Gasteiger partial charge is 0.157 e. The van der Waals surface area contributed by atoms with Gasteiger partial charge in [-0.1, -0.05) is 32.0 Å². The van der Waals surface area contributed by atoms with Gasteiger partial charge in [0.25, 0.3) is 0 Å². The van der Waals surface area contributed by atoms with Gasteiger partial charge in [-0.05, 0) is 25.2 Å². The normalized spacial score (nSPS) is 38.1. The van der Waals surface area contributed by atoms with Gasteiger partial charge in [0.2, 0.25) is 0 Å². The number of amidine groups is 1. The molecule has 1 heterocycles. The maximum Gasteiger partial charge on any atom is 0.157 e. The minimum absolute atomic E-state index is 0.518. The molecule has 2 rings (SSSR count). The van der Waals surface area contributed by atoms with Gasteiger partial charge in [0.1, 0.15) is 0 Å². The van der Waals surface area contributed by atoms with Crippen LogP contribution in [0.1, 0.15) is 40.0 Å². The van der Waals surface area contributed by atoms with E-state index in [1.165, 1.54) is 19.3 Å². The van der Waals surface area contributed by atoms with Crippen molar-refractivity contribution >= 4 is 16.9 Å². The van der Waals surface area contributed by atoms with Gasteiger partial charge in [-0.2, -0.15) is 0 Å². The van der Waals surface area contributed by atoms with Crippen molar-refractivity contribution in [3.8, 4) is 0 Å². The van der Waals surface area contributed by atoms with Gasteiger partial charge in [0.05, 0.1) is 0 Å². The molecule has 0 aromatic heterocycles. The Bertz CT molecular complexity index is 234. The van der Waals surface area contributed by atoms with Crippen LogP contribution in [0, 0.1) is 5.41 Å². The molecular weight excluding hydrogens is 192 g/mol. The van der Waals surface area contributed by atoms with Crippen LogP contribution in [-0.2, 0) is 0 Å². The van der Waals surface area contributed by atoms with Crippen LogP contribution in [0.3, 0.4) is 0 Å². The van der Waals surface area contributed by atoms with Crippen molar-refractivity contribution in [2.75, 3.05) is 6.54 Å². The maximum absolute atomic E-state index is 4.69. The first-order chi connectivity index (χ1) is 6.59. The van der Waals surface area contributed by atoms with E-state index in [4.69, 9.17) is 0 Å². The zero-order valence-electron chi connectivity index (χ0n) is 9.34. The molecule has 3 heteroatoms. The van der Waals surface area contributed by atoms with Crippen LogP contribution >= 0.6 is 11.8 Å². The highest BCUT2D eigenvalue weighted by Gasteiger charge is 2.32. The molecule has 1 aliphatic carbocycles. The first-order valence-electron chi connectivity index (χ1n) is 5.57. The van der Waals surface area contributed by atoms with E-state index in [0.717, 1.165) is 11.7 Å². The van der Waals surface area contributed by atoms with Gasteiger partial charge in [0.15, 0.2) is 5.17 Å². The SMILES string of the molecule is CC1NC(=NCC2(C)CCC2)SC1C. The molecule has 2 atom stereocenters. The Kier molecular flexibility index (Phi) is 2.78. The third kappa shape index (κ3) is 2.08. The predicted octanol–water partition coefficient (Wildman–Crippen LogP) is 2.65. The summed E-state index contributed by atoms with van der Waals surface area (Å²) in [5, 5.41) is 5.27. The molecule has 1 saturated heterocycles. The number of rotatable bonds is 2. The van der Waals surface area contributed by atoms with Crippen LogP contribution in [-0.4, -0.2) is 23.0 Å². The fourth-order valence-corrected chi connectivity index (χ4v) is 2.93. The fraction of sp³-hybridized carbons (Fsp3) is 0.909. The molecule has 0 radical (unpaired) electrons. The molecule has 2 nitrogen and oxygen atoms in total. The summed E-state index contributed by atoms with van der Waals surface area (Å²) < 4.78 is 0. The van der Waals surface area contributed by atoms with Gasteiger partial charge >= 0.3 is 0 Å². The highest BCUT2D eigenvalue weighted by Crippen LogP contribution is 2.40. The summed E-state index contributed by atoms with van der Waals surface area (Å²) in [5.74, 6) is 0. The molecule has 0 aromatic carbocycles. The molecule has 2 fully saturated rings. The van der Waals surface area contributed by atoms with Gasteiger partial charge in [-0.15, -0.1) is 0 Å². The Labute approximate surface area is 90.9 Å². The van der Waals surface area contributed by atoms with Crippen LogP contribution in [0.2, 0.25) is 0 Å². The van der Waals surface area contributed by atoms with E-state index in [-0.39, 0.29) is 0 Å². The Morgan fingerprint density at radius 2 is 2.21 bits per heavy atom. The van der Waals surface area contributed by atoms with E-state index in [2.05, 4.69) is 31.1 Å². The second-order valence-electron chi connectivity index (χ2n) is 5.04. The molecule has 0 aromatic rings. The van der Waals surface area contributed by atoms with E-state index < -0.39 is 0 Å². The van der Waals surface area contributed by atoms with Crippen LogP contribution in [0.25, 0.3) is 0 Å². The summed E-state index contributed by atoms with van der Waals surface area (Å²) in [6, 6.07) is 0.577. The van der Waals surface area contributed by atoms with Crippen LogP contribution in [0.4, 0.5) is 0 Å². The summed E-state index contributed by atoms with van der Waals surface area (Å²) >= 11 is 1.89. The van der Waals surface area contributed by atoms with E-state index in [0.29, 0.717) is 16.7 Å². The summed E-state index contributed by atoms with van der Waals surface area (Å²) in [5.41, 5.74) is 0.518. The van der Waals surface area contributed by atoms with E-state index in [1.54, 1.807) is 0 Å². The van der Waals surface area contributed by atoms with Gasteiger partial charge in [-0.25, -0.2) is 0 Å². The average Bonchev–Trinajstić information content (AvgIpc) is 2.40. The second kappa shape index (κ2) is 3.76. The molecular formula is C11H20N2S. The quantitative estimate of drug-likeness (QED) is 0.761. The Morgan fingerprint density at radius 3 is 2.64 bits per heavy atom.